The largest absolute Gasteiger partial charge is 0.333 e. The zero-order valence-corrected chi connectivity index (χ0v) is 12.9. The van der Waals surface area contributed by atoms with Crippen molar-refractivity contribution in [2.75, 3.05) is 18.8 Å². The van der Waals surface area contributed by atoms with Crippen LogP contribution in [-0.2, 0) is 19.7 Å². The van der Waals surface area contributed by atoms with Crippen LogP contribution < -0.4 is 0 Å². The molecule has 1 aliphatic heterocycles. The molecule has 9 heteroatoms. The van der Waals surface area contributed by atoms with Gasteiger partial charge in [0.15, 0.2) is 0 Å². The number of imide groups is 2. The summed E-state index contributed by atoms with van der Waals surface area (Å²) in [6.07, 6.45) is 1.77. The van der Waals surface area contributed by atoms with Crippen LogP contribution in [0.4, 0.5) is 4.79 Å². The topological polar surface area (TPSA) is 112 Å². The number of nitrogens with zero attached hydrogens (tertiary/aromatic N) is 2. The fourth-order valence-corrected chi connectivity index (χ4v) is 2.59. The highest BCUT2D eigenvalue weighted by Gasteiger charge is 2.44. The van der Waals surface area contributed by atoms with Crippen LogP contribution in [0.2, 0.25) is 0 Å². The number of unbranched alkanes of at least 4 members (excludes halogenated alkanes) is 1. The Morgan fingerprint density at radius 2 is 1.67 bits per heavy atom. The summed E-state index contributed by atoms with van der Waals surface area (Å²) >= 11 is 0. The van der Waals surface area contributed by atoms with Gasteiger partial charge in [-0.15, -0.1) is 0 Å². The van der Waals surface area contributed by atoms with E-state index in [9.17, 15) is 22.8 Å². The summed E-state index contributed by atoms with van der Waals surface area (Å²) in [4.78, 5) is 38.1. The minimum atomic E-state index is -4.29. The molecular formula is C12H20N2O6S. The van der Waals surface area contributed by atoms with E-state index >= 15 is 0 Å². The molecule has 0 saturated carbocycles. The van der Waals surface area contributed by atoms with Gasteiger partial charge in [0, 0.05) is 13.1 Å². The Morgan fingerprint density at radius 3 is 2.14 bits per heavy atom. The summed E-state index contributed by atoms with van der Waals surface area (Å²) in [5.41, 5.74) is 0. The van der Waals surface area contributed by atoms with Crippen molar-refractivity contribution in [2.45, 2.75) is 33.1 Å². The van der Waals surface area contributed by atoms with Crippen molar-refractivity contribution >= 4 is 28.0 Å². The van der Waals surface area contributed by atoms with E-state index in [2.05, 4.69) is 0 Å². The first kappa shape index (κ1) is 17.6. The molecule has 1 fully saturated rings. The molecular weight excluding hydrogens is 300 g/mol. The number of amides is 4. The van der Waals surface area contributed by atoms with Gasteiger partial charge in [-0.3, -0.25) is 23.9 Å². The van der Waals surface area contributed by atoms with Gasteiger partial charge in [-0.25, -0.2) is 4.79 Å². The van der Waals surface area contributed by atoms with Gasteiger partial charge in [-0.2, -0.15) is 8.42 Å². The van der Waals surface area contributed by atoms with Gasteiger partial charge >= 0.3 is 6.03 Å². The second kappa shape index (κ2) is 6.99. The summed E-state index contributed by atoms with van der Waals surface area (Å²) in [5, 5.41) is 0. The predicted molar refractivity (Wildman–Crippen MR) is 73.9 cm³/mol. The first-order valence-electron chi connectivity index (χ1n) is 6.84. The summed E-state index contributed by atoms with van der Waals surface area (Å²) < 4.78 is 30.3. The molecule has 8 nitrogen and oxygen atoms in total. The Morgan fingerprint density at radius 1 is 1.10 bits per heavy atom. The van der Waals surface area contributed by atoms with Gasteiger partial charge in [0.1, 0.15) is 5.92 Å². The van der Waals surface area contributed by atoms with E-state index in [1.807, 2.05) is 6.92 Å². The lowest BCUT2D eigenvalue weighted by Gasteiger charge is -2.36. The van der Waals surface area contributed by atoms with E-state index in [0.29, 0.717) is 12.8 Å². The first-order valence-corrected chi connectivity index (χ1v) is 8.45. The van der Waals surface area contributed by atoms with Gasteiger partial charge in [-0.05, 0) is 13.3 Å². The van der Waals surface area contributed by atoms with Gasteiger partial charge in [-0.1, -0.05) is 19.8 Å². The predicted octanol–water partition coefficient (Wildman–Crippen LogP) is 0.491. The van der Waals surface area contributed by atoms with Crippen molar-refractivity contribution in [1.82, 2.24) is 9.80 Å². The fraction of sp³-hybridized carbons (Fsp3) is 0.750. The van der Waals surface area contributed by atoms with Crippen LogP contribution in [0.3, 0.4) is 0 Å². The Kier molecular flexibility index (Phi) is 5.85. The molecule has 0 aromatic heterocycles. The molecule has 1 aliphatic rings. The smallest absolute Gasteiger partial charge is 0.285 e. The number of carbonyl (C=O) groups excluding carboxylic acids is 3. The third-order valence-electron chi connectivity index (χ3n) is 3.33. The van der Waals surface area contributed by atoms with Gasteiger partial charge in [0.05, 0.1) is 5.75 Å². The van der Waals surface area contributed by atoms with E-state index in [1.165, 1.54) is 0 Å². The lowest BCUT2D eigenvalue weighted by Crippen LogP contribution is -2.60. The first-order chi connectivity index (χ1) is 9.72. The summed E-state index contributed by atoms with van der Waals surface area (Å²) in [5.74, 6) is -2.92. The summed E-state index contributed by atoms with van der Waals surface area (Å²) in [6.45, 7) is 3.17. The SMILES string of the molecule is CCCCC1C(=O)N(CC)C(=O)N(CCS(=O)(=O)O)C1=O. The van der Waals surface area contributed by atoms with Crippen molar-refractivity contribution in [3.8, 4) is 0 Å². The lowest BCUT2D eigenvalue weighted by atomic mass is 9.97. The highest BCUT2D eigenvalue weighted by molar-refractivity contribution is 7.85. The average molecular weight is 320 g/mol. The molecule has 21 heavy (non-hydrogen) atoms. The monoisotopic (exact) mass is 320 g/mol. The van der Waals surface area contributed by atoms with Crippen LogP contribution in [-0.4, -0.2) is 59.5 Å². The molecule has 0 aromatic rings. The second-order valence-corrected chi connectivity index (χ2v) is 6.41. The van der Waals surface area contributed by atoms with E-state index in [-0.39, 0.29) is 6.54 Å². The number of barbiturate groups is 1. The Labute approximate surface area is 123 Å². The number of hydrogen-bond donors (Lipinski definition) is 1. The molecule has 0 radical (unpaired) electrons. The lowest BCUT2D eigenvalue weighted by molar-refractivity contribution is -0.149. The normalized spacial score (nSPS) is 20.3. The second-order valence-electron chi connectivity index (χ2n) is 4.84. The van der Waals surface area contributed by atoms with Crippen molar-refractivity contribution < 1.29 is 27.4 Å². The Hall–Kier alpha value is -1.48. The molecule has 1 rings (SSSR count). The number of carbonyl (C=O) groups is 3. The third-order valence-corrected chi connectivity index (χ3v) is 4.02. The van der Waals surface area contributed by atoms with Crippen molar-refractivity contribution in [3.05, 3.63) is 0 Å². The van der Waals surface area contributed by atoms with Crippen LogP contribution >= 0.6 is 0 Å². The maximum absolute atomic E-state index is 12.2. The van der Waals surface area contributed by atoms with Crippen LogP contribution in [0.25, 0.3) is 0 Å². The molecule has 0 aliphatic carbocycles. The molecule has 0 bridgehead atoms. The van der Waals surface area contributed by atoms with Crippen LogP contribution in [0.1, 0.15) is 33.1 Å². The standard InChI is InChI=1S/C12H20N2O6S/c1-3-5-6-9-10(15)13(4-2)12(17)14(11(9)16)7-8-21(18,19)20/h9H,3-8H2,1-2H3,(H,18,19,20). The minimum Gasteiger partial charge on any atom is -0.285 e. The van der Waals surface area contributed by atoms with Crippen LogP contribution in [0.15, 0.2) is 0 Å². The number of urea groups is 1. The maximum atomic E-state index is 12.2. The van der Waals surface area contributed by atoms with Gasteiger partial charge in [0.2, 0.25) is 11.8 Å². The van der Waals surface area contributed by atoms with Gasteiger partial charge in [0.25, 0.3) is 10.1 Å². The molecule has 0 aromatic carbocycles. The Bertz CT molecular complexity index is 530. The minimum absolute atomic E-state index is 0.107. The van der Waals surface area contributed by atoms with Crippen molar-refractivity contribution in [3.63, 3.8) is 0 Å². The summed E-state index contributed by atoms with van der Waals surface area (Å²) in [7, 11) is -4.29. The molecule has 1 N–H and O–H groups in total. The van der Waals surface area contributed by atoms with Crippen LogP contribution in [0.5, 0.6) is 0 Å². The van der Waals surface area contributed by atoms with E-state index in [4.69, 9.17) is 4.55 Å². The quantitative estimate of drug-likeness (QED) is 0.540. The van der Waals surface area contributed by atoms with Crippen LogP contribution in [0, 0.1) is 5.92 Å². The molecule has 1 heterocycles. The molecule has 1 unspecified atom stereocenters. The molecule has 1 atom stereocenters. The Balaban J connectivity index is 2.97. The summed E-state index contributed by atoms with van der Waals surface area (Å²) in [6, 6.07) is -0.830. The highest BCUT2D eigenvalue weighted by atomic mass is 32.2. The van der Waals surface area contributed by atoms with Gasteiger partial charge < -0.3 is 0 Å². The molecule has 1 saturated heterocycles. The van der Waals surface area contributed by atoms with Crippen molar-refractivity contribution in [1.29, 1.82) is 0 Å². The molecule has 4 amide bonds. The fourth-order valence-electron chi connectivity index (χ4n) is 2.17. The number of rotatable bonds is 7. The zero-order chi connectivity index (χ0) is 16.2. The molecule has 120 valence electrons. The highest BCUT2D eigenvalue weighted by Crippen LogP contribution is 2.22. The third kappa shape index (κ3) is 4.24. The van der Waals surface area contributed by atoms with E-state index < -0.39 is 46.2 Å². The maximum Gasteiger partial charge on any atom is 0.333 e. The van der Waals surface area contributed by atoms with E-state index in [1.54, 1.807) is 6.92 Å². The van der Waals surface area contributed by atoms with Crippen molar-refractivity contribution in [2.24, 2.45) is 5.92 Å². The zero-order valence-electron chi connectivity index (χ0n) is 12.1. The molecule has 0 spiro atoms. The van der Waals surface area contributed by atoms with E-state index in [0.717, 1.165) is 16.2 Å². The number of hydrogen-bond acceptors (Lipinski definition) is 5. The average Bonchev–Trinajstić information content (AvgIpc) is 2.37.